The average Bonchev–Trinajstić information content (AvgIpc) is 2.97. The molecule has 0 radical (unpaired) electrons. The SMILES string of the molecule is Cl.O=C(Nc1cccc(-c2ccccc2Cl)c1F)C1CC(F)CN1. The van der Waals surface area contributed by atoms with E-state index in [2.05, 4.69) is 10.6 Å². The molecule has 1 fully saturated rings. The van der Waals surface area contributed by atoms with Crippen LogP contribution in [0.15, 0.2) is 42.5 Å². The van der Waals surface area contributed by atoms with E-state index >= 15 is 0 Å². The van der Waals surface area contributed by atoms with Gasteiger partial charge in [0.25, 0.3) is 0 Å². The second-order valence-electron chi connectivity index (χ2n) is 5.43. The van der Waals surface area contributed by atoms with Crippen molar-refractivity contribution in [1.82, 2.24) is 5.32 Å². The van der Waals surface area contributed by atoms with Gasteiger partial charge in [-0.05, 0) is 12.1 Å². The summed E-state index contributed by atoms with van der Waals surface area (Å²) >= 11 is 6.10. The quantitative estimate of drug-likeness (QED) is 0.847. The Bertz CT molecular complexity index is 742. The normalized spacial score (nSPS) is 19.6. The molecule has 2 N–H and O–H groups in total. The van der Waals surface area contributed by atoms with Crippen molar-refractivity contribution in [3.63, 3.8) is 0 Å². The molecule has 0 spiro atoms. The second kappa shape index (κ2) is 7.92. The highest BCUT2D eigenvalue weighted by atomic mass is 35.5. The Labute approximate surface area is 149 Å². The zero-order valence-corrected chi connectivity index (χ0v) is 14.1. The summed E-state index contributed by atoms with van der Waals surface area (Å²) < 4.78 is 27.8. The number of carbonyl (C=O) groups excluding carboxylic acids is 1. The smallest absolute Gasteiger partial charge is 0.241 e. The number of hydrogen-bond donors (Lipinski definition) is 2. The van der Waals surface area contributed by atoms with Crippen LogP contribution in [0.5, 0.6) is 0 Å². The van der Waals surface area contributed by atoms with Gasteiger partial charge in [0, 0.05) is 29.1 Å². The lowest BCUT2D eigenvalue weighted by molar-refractivity contribution is -0.117. The van der Waals surface area contributed by atoms with Crippen LogP contribution in [-0.4, -0.2) is 24.7 Å². The molecule has 0 aliphatic carbocycles. The van der Waals surface area contributed by atoms with Crippen LogP contribution in [0.3, 0.4) is 0 Å². The Balaban J connectivity index is 0.00000208. The molecule has 3 rings (SSSR count). The standard InChI is InChI=1S/C17H15ClF2N2O.ClH/c18-13-6-2-1-4-11(13)12-5-3-7-14(16(12)20)22-17(23)15-8-10(19)9-21-15;/h1-7,10,15,21H,8-9H2,(H,22,23);1H. The summed E-state index contributed by atoms with van der Waals surface area (Å²) in [6, 6.07) is 11.0. The summed E-state index contributed by atoms with van der Waals surface area (Å²) in [6.07, 6.45) is -0.956. The van der Waals surface area contributed by atoms with Gasteiger partial charge in [0.1, 0.15) is 6.17 Å². The lowest BCUT2D eigenvalue weighted by Crippen LogP contribution is -2.35. The number of alkyl halides is 1. The number of benzene rings is 2. The molecule has 1 aliphatic rings. The van der Waals surface area contributed by atoms with E-state index in [1.54, 1.807) is 36.4 Å². The molecule has 1 amide bonds. The van der Waals surface area contributed by atoms with E-state index in [-0.39, 0.29) is 31.1 Å². The van der Waals surface area contributed by atoms with Crippen LogP contribution in [0.2, 0.25) is 5.02 Å². The number of halogens is 4. The third kappa shape index (κ3) is 3.86. The molecular weight excluding hydrogens is 357 g/mol. The van der Waals surface area contributed by atoms with Gasteiger partial charge in [0.2, 0.25) is 5.91 Å². The second-order valence-corrected chi connectivity index (χ2v) is 5.84. The zero-order chi connectivity index (χ0) is 16.4. The molecule has 2 atom stereocenters. The first-order chi connectivity index (χ1) is 11.1. The van der Waals surface area contributed by atoms with Gasteiger partial charge < -0.3 is 10.6 Å². The lowest BCUT2D eigenvalue weighted by atomic mass is 10.0. The fourth-order valence-corrected chi connectivity index (χ4v) is 2.87. The fourth-order valence-electron chi connectivity index (χ4n) is 2.63. The Hall–Kier alpha value is -1.69. The molecule has 3 nitrogen and oxygen atoms in total. The Kier molecular flexibility index (Phi) is 6.15. The van der Waals surface area contributed by atoms with Gasteiger partial charge in [-0.2, -0.15) is 0 Å². The van der Waals surface area contributed by atoms with Crippen LogP contribution in [0.1, 0.15) is 6.42 Å². The van der Waals surface area contributed by atoms with Gasteiger partial charge >= 0.3 is 0 Å². The fraction of sp³-hybridized carbons (Fsp3) is 0.235. The van der Waals surface area contributed by atoms with Crippen LogP contribution in [0.25, 0.3) is 11.1 Å². The summed E-state index contributed by atoms with van der Waals surface area (Å²) in [5, 5.41) is 5.71. The number of hydrogen-bond acceptors (Lipinski definition) is 2. The highest BCUT2D eigenvalue weighted by Crippen LogP contribution is 2.32. The Morgan fingerprint density at radius 2 is 1.88 bits per heavy atom. The van der Waals surface area contributed by atoms with Crippen molar-refractivity contribution >= 4 is 35.6 Å². The Morgan fingerprint density at radius 1 is 1.17 bits per heavy atom. The zero-order valence-electron chi connectivity index (χ0n) is 12.6. The van der Waals surface area contributed by atoms with Crippen LogP contribution in [0.4, 0.5) is 14.5 Å². The van der Waals surface area contributed by atoms with E-state index in [9.17, 15) is 13.6 Å². The maximum atomic E-state index is 14.7. The van der Waals surface area contributed by atoms with Crippen LogP contribution < -0.4 is 10.6 Å². The van der Waals surface area contributed by atoms with E-state index in [0.717, 1.165) is 0 Å². The van der Waals surface area contributed by atoms with Crippen molar-refractivity contribution in [2.75, 3.05) is 11.9 Å². The molecule has 128 valence electrons. The predicted octanol–water partition coefficient (Wildman–Crippen LogP) is 4.21. The summed E-state index contributed by atoms with van der Waals surface area (Å²) in [5.41, 5.74) is 0.901. The maximum absolute atomic E-state index is 14.7. The van der Waals surface area contributed by atoms with E-state index in [4.69, 9.17) is 11.6 Å². The number of carbonyl (C=O) groups is 1. The Morgan fingerprint density at radius 3 is 2.54 bits per heavy atom. The molecule has 7 heteroatoms. The third-order valence-corrected chi connectivity index (χ3v) is 4.14. The minimum absolute atomic E-state index is 0. The first-order valence-corrected chi connectivity index (χ1v) is 7.66. The van der Waals surface area contributed by atoms with Gasteiger partial charge in [-0.25, -0.2) is 8.78 Å². The van der Waals surface area contributed by atoms with Crippen LogP contribution in [0, 0.1) is 5.82 Å². The van der Waals surface area contributed by atoms with E-state index in [1.807, 2.05) is 0 Å². The van der Waals surface area contributed by atoms with Gasteiger partial charge in [-0.1, -0.05) is 41.9 Å². The maximum Gasteiger partial charge on any atom is 0.241 e. The van der Waals surface area contributed by atoms with E-state index in [1.165, 1.54) is 6.07 Å². The van der Waals surface area contributed by atoms with Gasteiger partial charge in [-0.15, -0.1) is 12.4 Å². The summed E-state index contributed by atoms with van der Waals surface area (Å²) in [6.45, 7) is 0.139. The van der Waals surface area contributed by atoms with Gasteiger partial charge in [0.05, 0.1) is 11.7 Å². The monoisotopic (exact) mass is 372 g/mol. The van der Waals surface area contributed by atoms with Crippen LogP contribution in [-0.2, 0) is 4.79 Å². The van der Waals surface area contributed by atoms with Gasteiger partial charge in [-0.3, -0.25) is 4.79 Å². The first kappa shape index (κ1) is 18.6. The van der Waals surface area contributed by atoms with Crippen molar-refractivity contribution in [2.45, 2.75) is 18.6 Å². The molecule has 1 aliphatic heterocycles. The first-order valence-electron chi connectivity index (χ1n) is 7.28. The molecule has 24 heavy (non-hydrogen) atoms. The average molecular weight is 373 g/mol. The number of anilines is 1. The minimum Gasteiger partial charge on any atom is -0.322 e. The molecule has 1 heterocycles. The minimum atomic E-state index is -1.05. The van der Waals surface area contributed by atoms with Crippen LogP contribution >= 0.6 is 24.0 Å². The predicted molar refractivity (Wildman–Crippen MR) is 94.0 cm³/mol. The highest BCUT2D eigenvalue weighted by Gasteiger charge is 2.29. The summed E-state index contributed by atoms with van der Waals surface area (Å²) in [7, 11) is 0. The topological polar surface area (TPSA) is 41.1 Å². The molecule has 0 aromatic heterocycles. The molecule has 0 saturated carbocycles. The van der Waals surface area contributed by atoms with Crippen molar-refractivity contribution in [3.8, 4) is 11.1 Å². The summed E-state index contributed by atoms with van der Waals surface area (Å²) in [4.78, 5) is 12.1. The van der Waals surface area contributed by atoms with Crippen molar-refractivity contribution in [3.05, 3.63) is 53.3 Å². The highest BCUT2D eigenvalue weighted by molar-refractivity contribution is 6.33. The molecule has 1 saturated heterocycles. The largest absolute Gasteiger partial charge is 0.322 e. The van der Waals surface area contributed by atoms with E-state index in [0.29, 0.717) is 16.1 Å². The van der Waals surface area contributed by atoms with Gasteiger partial charge in [0.15, 0.2) is 5.82 Å². The molecule has 0 bridgehead atoms. The summed E-state index contributed by atoms with van der Waals surface area (Å²) in [5.74, 6) is -1.01. The molecule has 2 unspecified atom stereocenters. The van der Waals surface area contributed by atoms with Crippen molar-refractivity contribution < 1.29 is 13.6 Å². The number of nitrogens with one attached hydrogen (secondary N) is 2. The van der Waals surface area contributed by atoms with Crippen molar-refractivity contribution in [2.24, 2.45) is 0 Å². The molecule has 2 aromatic rings. The third-order valence-electron chi connectivity index (χ3n) is 3.81. The van der Waals surface area contributed by atoms with E-state index < -0.39 is 23.9 Å². The number of rotatable bonds is 3. The molecular formula is C17H16Cl2F2N2O. The number of amides is 1. The lowest BCUT2D eigenvalue weighted by Gasteiger charge is -2.14. The molecule has 2 aromatic carbocycles. The van der Waals surface area contributed by atoms with Crippen molar-refractivity contribution in [1.29, 1.82) is 0 Å².